The summed E-state index contributed by atoms with van der Waals surface area (Å²) in [6, 6.07) is 2.46. The molecule has 0 aliphatic carbocycles. The second-order valence-electron chi connectivity index (χ2n) is 4.95. The number of nitrogens with two attached hydrogens (primary N) is 1. The van der Waals surface area contributed by atoms with Crippen molar-refractivity contribution >= 4 is 5.82 Å². The summed E-state index contributed by atoms with van der Waals surface area (Å²) in [6.07, 6.45) is 8.83. The molecule has 3 heteroatoms. The molecule has 17 heavy (non-hydrogen) atoms. The molecule has 98 valence electrons. The zero-order valence-electron chi connectivity index (χ0n) is 11.6. The number of aryl methyl sites for hydroxylation is 1. The van der Waals surface area contributed by atoms with Crippen molar-refractivity contribution in [1.82, 2.24) is 9.78 Å². The van der Waals surface area contributed by atoms with E-state index in [0.29, 0.717) is 6.04 Å². The van der Waals surface area contributed by atoms with Crippen LogP contribution in [0.5, 0.6) is 0 Å². The second kappa shape index (κ2) is 7.36. The monoisotopic (exact) mass is 237 g/mol. The van der Waals surface area contributed by atoms with Gasteiger partial charge in [0.2, 0.25) is 0 Å². The van der Waals surface area contributed by atoms with E-state index in [-0.39, 0.29) is 0 Å². The van der Waals surface area contributed by atoms with Gasteiger partial charge in [-0.05, 0) is 19.8 Å². The first kappa shape index (κ1) is 14.1. The van der Waals surface area contributed by atoms with Gasteiger partial charge in [0, 0.05) is 6.07 Å². The molecule has 0 radical (unpaired) electrons. The molecule has 1 atom stereocenters. The molecule has 0 aliphatic rings. The molecule has 0 bridgehead atoms. The molecule has 0 saturated carbocycles. The molecule has 0 spiro atoms. The van der Waals surface area contributed by atoms with Crippen LogP contribution in [-0.2, 0) is 0 Å². The van der Waals surface area contributed by atoms with Crippen molar-refractivity contribution < 1.29 is 0 Å². The highest BCUT2D eigenvalue weighted by molar-refractivity contribution is 5.30. The maximum atomic E-state index is 6.00. The summed E-state index contributed by atoms with van der Waals surface area (Å²) >= 11 is 0. The van der Waals surface area contributed by atoms with Gasteiger partial charge in [-0.1, -0.05) is 46.0 Å². The maximum absolute atomic E-state index is 6.00. The van der Waals surface area contributed by atoms with Crippen LogP contribution in [0, 0.1) is 6.92 Å². The number of anilines is 1. The molecule has 2 N–H and O–H groups in total. The Hall–Kier alpha value is -0.990. The van der Waals surface area contributed by atoms with Crippen molar-refractivity contribution in [3.8, 4) is 0 Å². The van der Waals surface area contributed by atoms with Gasteiger partial charge in [-0.15, -0.1) is 0 Å². The third-order valence-corrected chi connectivity index (χ3v) is 3.25. The predicted octanol–water partition coefficient (Wildman–Crippen LogP) is 4.09. The van der Waals surface area contributed by atoms with E-state index in [2.05, 4.69) is 18.9 Å². The number of nitrogens with zero attached hydrogens (tertiary/aromatic N) is 2. The molecule has 0 aliphatic heterocycles. The Balaban J connectivity index is 2.55. The molecular weight excluding hydrogens is 210 g/mol. The van der Waals surface area contributed by atoms with Crippen molar-refractivity contribution in [1.29, 1.82) is 0 Å². The lowest BCUT2D eigenvalue weighted by atomic mass is 10.0. The van der Waals surface area contributed by atoms with Crippen LogP contribution in [0.2, 0.25) is 0 Å². The Morgan fingerprint density at radius 1 is 1.18 bits per heavy atom. The van der Waals surface area contributed by atoms with E-state index in [1.54, 1.807) is 0 Å². The van der Waals surface area contributed by atoms with Crippen LogP contribution in [0.25, 0.3) is 0 Å². The van der Waals surface area contributed by atoms with Crippen molar-refractivity contribution in [3.63, 3.8) is 0 Å². The summed E-state index contributed by atoms with van der Waals surface area (Å²) < 4.78 is 2.03. The molecule has 0 saturated heterocycles. The lowest BCUT2D eigenvalue weighted by Gasteiger charge is -2.18. The minimum Gasteiger partial charge on any atom is -0.384 e. The van der Waals surface area contributed by atoms with E-state index >= 15 is 0 Å². The third-order valence-electron chi connectivity index (χ3n) is 3.25. The van der Waals surface area contributed by atoms with Crippen LogP contribution in [-0.4, -0.2) is 9.78 Å². The van der Waals surface area contributed by atoms with Crippen LogP contribution >= 0.6 is 0 Å². The first-order valence-electron chi connectivity index (χ1n) is 7.00. The Bertz CT molecular complexity index is 317. The Kier molecular flexibility index (Phi) is 6.09. The Morgan fingerprint density at radius 2 is 1.94 bits per heavy atom. The summed E-state index contributed by atoms with van der Waals surface area (Å²) in [5.74, 6) is 0.816. The quantitative estimate of drug-likeness (QED) is 0.692. The molecule has 0 fully saturated rings. The number of hydrogen-bond acceptors (Lipinski definition) is 2. The topological polar surface area (TPSA) is 43.8 Å². The third kappa shape index (κ3) is 4.41. The van der Waals surface area contributed by atoms with Crippen molar-refractivity contribution in [2.24, 2.45) is 0 Å². The second-order valence-corrected chi connectivity index (χ2v) is 4.95. The van der Waals surface area contributed by atoms with Gasteiger partial charge in [-0.2, -0.15) is 5.10 Å². The minimum atomic E-state index is 0.491. The fourth-order valence-corrected chi connectivity index (χ4v) is 2.36. The van der Waals surface area contributed by atoms with Crippen molar-refractivity contribution in [3.05, 3.63) is 11.8 Å². The van der Waals surface area contributed by atoms with E-state index in [4.69, 9.17) is 5.73 Å². The minimum absolute atomic E-state index is 0.491. The van der Waals surface area contributed by atoms with E-state index in [9.17, 15) is 0 Å². The van der Waals surface area contributed by atoms with Crippen LogP contribution in [0.4, 0.5) is 5.82 Å². The van der Waals surface area contributed by atoms with Gasteiger partial charge in [-0.25, -0.2) is 4.68 Å². The summed E-state index contributed by atoms with van der Waals surface area (Å²) in [6.45, 7) is 6.48. The van der Waals surface area contributed by atoms with E-state index < -0.39 is 0 Å². The lowest BCUT2D eigenvalue weighted by molar-refractivity contribution is 0.382. The van der Waals surface area contributed by atoms with E-state index in [1.165, 1.54) is 44.9 Å². The van der Waals surface area contributed by atoms with Gasteiger partial charge < -0.3 is 5.73 Å². The zero-order valence-corrected chi connectivity index (χ0v) is 11.6. The van der Waals surface area contributed by atoms with Crippen LogP contribution < -0.4 is 5.73 Å². The molecule has 3 nitrogen and oxygen atoms in total. The largest absolute Gasteiger partial charge is 0.384 e. The number of nitrogen functional groups attached to an aromatic ring is 1. The predicted molar refractivity (Wildman–Crippen MR) is 74.1 cm³/mol. The number of unbranched alkanes of at least 4 members (excludes halogenated alkanes) is 3. The average molecular weight is 237 g/mol. The molecule has 1 heterocycles. The van der Waals surface area contributed by atoms with Gasteiger partial charge in [0.15, 0.2) is 0 Å². The molecule has 0 amide bonds. The maximum Gasteiger partial charge on any atom is 0.122 e. The Labute approximate surface area is 105 Å². The van der Waals surface area contributed by atoms with Crippen molar-refractivity contribution in [2.45, 2.75) is 71.8 Å². The van der Waals surface area contributed by atoms with Crippen LogP contribution in [0.1, 0.15) is 70.5 Å². The van der Waals surface area contributed by atoms with E-state index in [0.717, 1.165) is 11.5 Å². The van der Waals surface area contributed by atoms with Gasteiger partial charge >= 0.3 is 0 Å². The summed E-state index contributed by atoms with van der Waals surface area (Å²) in [4.78, 5) is 0. The first-order chi connectivity index (χ1) is 8.19. The highest BCUT2D eigenvalue weighted by atomic mass is 15.3. The molecule has 0 aromatic carbocycles. The van der Waals surface area contributed by atoms with Crippen LogP contribution in [0.15, 0.2) is 6.07 Å². The van der Waals surface area contributed by atoms with Crippen molar-refractivity contribution in [2.75, 3.05) is 5.73 Å². The van der Waals surface area contributed by atoms with Gasteiger partial charge in [0.05, 0.1) is 11.7 Å². The summed E-state index contributed by atoms with van der Waals surface area (Å²) in [7, 11) is 0. The smallest absolute Gasteiger partial charge is 0.122 e. The number of rotatable bonds is 8. The lowest BCUT2D eigenvalue weighted by Crippen LogP contribution is -2.13. The normalized spacial score (nSPS) is 12.9. The fourth-order valence-electron chi connectivity index (χ4n) is 2.36. The van der Waals surface area contributed by atoms with E-state index in [1.807, 2.05) is 17.7 Å². The fraction of sp³-hybridized carbons (Fsp3) is 0.786. The number of hydrogen-bond donors (Lipinski definition) is 1. The molecule has 1 aromatic rings. The molecular formula is C14H27N3. The highest BCUT2D eigenvalue weighted by Crippen LogP contribution is 2.24. The van der Waals surface area contributed by atoms with Gasteiger partial charge in [0.25, 0.3) is 0 Å². The zero-order chi connectivity index (χ0) is 12.7. The summed E-state index contributed by atoms with van der Waals surface area (Å²) in [5.41, 5.74) is 7.03. The number of aromatic nitrogens is 2. The molecule has 1 rings (SSSR count). The Morgan fingerprint density at radius 3 is 2.47 bits per heavy atom. The average Bonchev–Trinajstić information content (AvgIpc) is 2.62. The molecule has 1 unspecified atom stereocenters. The van der Waals surface area contributed by atoms with Gasteiger partial charge in [-0.3, -0.25) is 0 Å². The SMILES string of the molecule is CCCCCCC(CCC)n1nc(C)cc1N. The molecule has 1 aromatic heterocycles. The standard InChI is InChI=1S/C14H27N3/c1-4-6-7-8-10-13(9-5-2)17-14(15)11-12(3)16-17/h11,13H,4-10,15H2,1-3H3. The first-order valence-corrected chi connectivity index (χ1v) is 7.00. The summed E-state index contributed by atoms with van der Waals surface area (Å²) in [5, 5.41) is 4.52. The highest BCUT2D eigenvalue weighted by Gasteiger charge is 2.13. The van der Waals surface area contributed by atoms with Gasteiger partial charge in [0.1, 0.15) is 5.82 Å². The van der Waals surface area contributed by atoms with Crippen LogP contribution in [0.3, 0.4) is 0 Å².